The van der Waals surface area contributed by atoms with Gasteiger partial charge in [-0.3, -0.25) is 4.68 Å². The van der Waals surface area contributed by atoms with Gasteiger partial charge in [0.25, 0.3) is 0 Å². The van der Waals surface area contributed by atoms with E-state index in [4.69, 9.17) is 11.6 Å². The number of aromatic nitrogens is 4. The van der Waals surface area contributed by atoms with Crippen LogP contribution in [-0.4, -0.2) is 25.8 Å². The zero-order valence-electron chi connectivity index (χ0n) is 11.2. The lowest BCUT2D eigenvalue weighted by Gasteiger charge is -2.15. The van der Waals surface area contributed by atoms with Crippen LogP contribution in [0, 0.1) is 6.92 Å². The average molecular weight is 308 g/mol. The molecule has 0 spiro atoms. The minimum absolute atomic E-state index is 0.185. The van der Waals surface area contributed by atoms with E-state index in [1.54, 1.807) is 17.5 Å². The Hall–Kier alpha value is -1.66. The topological polar surface area (TPSA) is 55.6 Å². The third-order valence-corrected chi connectivity index (χ3v) is 4.01. The molecule has 0 aliphatic carbocycles. The van der Waals surface area contributed by atoms with E-state index in [1.807, 2.05) is 16.9 Å². The van der Waals surface area contributed by atoms with Crippen molar-refractivity contribution in [2.24, 2.45) is 0 Å². The van der Waals surface area contributed by atoms with Crippen LogP contribution in [0.5, 0.6) is 0 Å². The summed E-state index contributed by atoms with van der Waals surface area (Å²) < 4.78 is 1.89. The molecule has 1 N–H and O–H groups in total. The molecule has 0 saturated carbocycles. The number of thiophene rings is 1. The number of fused-ring (bicyclic) bond motifs is 1. The largest absolute Gasteiger partial charge is 0.365 e. The van der Waals surface area contributed by atoms with Gasteiger partial charge in [-0.2, -0.15) is 5.10 Å². The van der Waals surface area contributed by atoms with Gasteiger partial charge < -0.3 is 5.32 Å². The summed E-state index contributed by atoms with van der Waals surface area (Å²) in [5.41, 5.74) is 0. The Balaban J connectivity index is 1.86. The van der Waals surface area contributed by atoms with Crippen molar-refractivity contribution in [1.82, 2.24) is 19.7 Å². The highest BCUT2D eigenvalue weighted by Crippen LogP contribution is 2.29. The van der Waals surface area contributed by atoms with Gasteiger partial charge in [-0.15, -0.1) is 11.3 Å². The third-order valence-electron chi connectivity index (χ3n) is 2.89. The Labute approximate surface area is 125 Å². The SMILES string of the molecule is Cc1cc2c(NC(C)Cn3cccn3)nc(Cl)nc2s1. The van der Waals surface area contributed by atoms with Gasteiger partial charge in [0.05, 0.1) is 11.9 Å². The maximum Gasteiger partial charge on any atom is 0.225 e. The molecule has 0 aromatic carbocycles. The fraction of sp³-hybridized carbons (Fsp3) is 0.308. The second-order valence-electron chi connectivity index (χ2n) is 4.69. The van der Waals surface area contributed by atoms with E-state index in [1.165, 1.54) is 4.88 Å². The first-order valence-corrected chi connectivity index (χ1v) is 7.49. The molecule has 0 radical (unpaired) electrons. The van der Waals surface area contributed by atoms with Gasteiger partial charge in [-0.25, -0.2) is 9.97 Å². The molecular formula is C13H14ClN5S. The second kappa shape index (κ2) is 5.38. The molecule has 0 fully saturated rings. The first kappa shape index (κ1) is 13.3. The van der Waals surface area contributed by atoms with E-state index in [-0.39, 0.29) is 11.3 Å². The highest BCUT2D eigenvalue weighted by molar-refractivity contribution is 7.18. The van der Waals surface area contributed by atoms with Crippen molar-refractivity contribution in [2.45, 2.75) is 26.4 Å². The fourth-order valence-electron chi connectivity index (χ4n) is 2.09. The fourth-order valence-corrected chi connectivity index (χ4v) is 3.19. The van der Waals surface area contributed by atoms with Crippen LogP contribution < -0.4 is 5.32 Å². The van der Waals surface area contributed by atoms with Gasteiger partial charge in [-0.05, 0) is 37.6 Å². The summed E-state index contributed by atoms with van der Waals surface area (Å²) in [5.74, 6) is 0.781. The lowest BCUT2D eigenvalue weighted by molar-refractivity contribution is 0.560. The van der Waals surface area contributed by atoms with Gasteiger partial charge in [0, 0.05) is 23.3 Å². The summed E-state index contributed by atoms with van der Waals surface area (Å²) in [6.45, 7) is 4.90. The van der Waals surface area contributed by atoms with Crippen molar-refractivity contribution in [1.29, 1.82) is 0 Å². The van der Waals surface area contributed by atoms with Crippen molar-refractivity contribution in [2.75, 3.05) is 5.32 Å². The zero-order valence-corrected chi connectivity index (χ0v) is 12.7. The van der Waals surface area contributed by atoms with Crippen LogP contribution in [0.2, 0.25) is 5.28 Å². The molecule has 3 aromatic heterocycles. The van der Waals surface area contributed by atoms with Crippen molar-refractivity contribution in [3.05, 3.63) is 34.7 Å². The Morgan fingerprint density at radius 1 is 1.45 bits per heavy atom. The van der Waals surface area contributed by atoms with Gasteiger partial charge >= 0.3 is 0 Å². The third kappa shape index (κ3) is 2.76. The van der Waals surface area contributed by atoms with Crippen LogP contribution in [0.3, 0.4) is 0 Å². The second-order valence-corrected chi connectivity index (χ2v) is 6.26. The highest BCUT2D eigenvalue weighted by atomic mass is 35.5. The van der Waals surface area contributed by atoms with Crippen molar-refractivity contribution >= 4 is 39.0 Å². The standard InChI is InChI=1S/C13H14ClN5S/c1-8(7-19-5-3-4-15-19)16-11-10-6-9(2)20-12(10)18-13(14)17-11/h3-6,8H,7H2,1-2H3,(H,16,17,18). The Kier molecular flexibility index (Phi) is 3.58. The predicted molar refractivity (Wildman–Crippen MR) is 82.5 cm³/mol. The molecule has 5 nitrogen and oxygen atoms in total. The summed E-state index contributed by atoms with van der Waals surface area (Å²) >= 11 is 7.61. The van der Waals surface area contributed by atoms with E-state index >= 15 is 0 Å². The smallest absolute Gasteiger partial charge is 0.225 e. The quantitative estimate of drug-likeness (QED) is 0.751. The number of hydrogen-bond donors (Lipinski definition) is 1. The van der Waals surface area contributed by atoms with Crippen molar-refractivity contribution < 1.29 is 0 Å². The van der Waals surface area contributed by atoms with Crippen LogP contribution in [0.4, 0.5) is 5.82 Å². The lowest BCUT2D eigenvalue weighted by atomic mass is 10.3. The molecule has 0 aliphatic rings. The van der Waals surface area contributed by atoms with E-state index in [0.29, 0.717) is 0 Å². The number of rotatable bonds is 4. The first-order chi connectivity index (χ1) is 9.61. The number of nitrogens with one attached hydrogen (secondary N) is 1. The predicted octanol–water partition coefficient (Wildman–Crippen LogP) is 3.35. The molecule has 0 aliphatic heterocycles. The van der Waals surface area contributed by atoms with E-state index in [0.717, 1.165) is 22.6 Å². The molecule has 3 rings (SSSR count). The minimum atomic E-state index is 0.185. The monoisotopic (exact) mass is 307 g/mol. The molecule has 20 heavy (non-hydrogen) atoms. The van der Waals surface area contributed by atoms with Crippen LogP contribution in [-0.2, 0) is 6.54 Å². The molecule has 104 valence electrons. The average Bonchev–Trinajstić information content (AvgIpc) is 2.97. The summed E-state index contributed by atoms with van der Waals surface area (Å²) in [5, 5.41) is 8.88. The Morgan fingerprint density at radius 2 is 2.30 bits per heavy atom. The van der Waals surface area contributed by atoms with E-state index in [2.05, 4.69) is 40.3 Å². The van der Waals surface area contributed by atoms with E-state index in [9.17, 15) is 0 Å². The maximum atomic E-state index is 5.99. The van der Waals surface area contributed by atoms with Gasteiger partial charge in [-0.1, -0.05) is 0 Å². The molecule has 0 saturated heterocycles. The molecule has 1 atom stereocenters. The lowest BCUT2D eigenvalue weighted by Crippen LogP contribution is -2.23. The molecule has 7 heteroatoms. The molecule has 1 unspecified atom stereocenters. The number of hydrogen-bond acceptors (Lipinski definition) is 5. The molecule has 3 heterocycles. The number of nitrogens with zero attached hydrogens (tertiary/aromatic N) is 4. The molecule has 0 bridgehead atoms. The number of aryl methyl sites for hydroxylation is 1. The van der Waals surface area contributed by atoms with E-state index < -0.39 is 0 Å². The summed E-state index contributed by atoms with van der Waals surface area (Å²) in [4.78, 5) is 10.7. The van der Waals surface area contributed by atoms with Gasteiger partial charge in [0.15, 0.2) is 0 Å². The number of halogens is 1. The summed E-state index contributed by atoms with van der Waals surface area (Å²) in [7, 11) is 0. The highest BCUT2D eigenvalue weighted by Gasteiger charge is 2.12. The molecule has 3 aromatic rings. The van der Waals surface area contributed by atoms with Crippen LogP contribution in [0.25, 0.3) is 10.2 Å². The number of anilines is 1. The molecular weight excluding hydrogens is 294 g/mol. The Bertz CT molecular complexity index is 722. The zero-order chi connectivity index (χ0) is 14.1. The van der Waals surface area contributed by atoms with Crippen molar-refractivity contribution in [3.8, 4) is 0 Å². The normalized spacial score (nSPS) is 12.8. The van der Waals surface area contributed by atoms with Gasteiger partial charge in [0.1, 0.15) is 10.6 Å². The van der Waals surface area contributed by atoms with Crippen LogP contribution >= 0.6 is 22.9 Å². The maximum absolute atomic E-state index is 5.99. The van der Waals surface area contributed by atoms with Gasteiger partial charge in [0.2, 0.25) is 5.28 Å². The first-order valence-electron chi connectivity index (χ1n) is 6.29. The summed E-state index contributed by atoms with van der Waals surface area (Å²) in [6.07, 6.45) is 3.71. The van der Waals surface area contributed by atoms with Crippen LogP contribution in [0.1, 0.15) is 11.8 Å². The molecule has 0 amide bonds. The van der Waals surface area contributed by atoms with Crippen LogP contribution in [0.15, 0.2) is 24.5 Å². The van der Waals surface area contributed by atoms with Crippen molar-refractivity contribution in [3.63, 3.8) is 0 Å². The summed E-state index contributed by atoms with van der Waals surface area (Å²) in [6, 6.07) is 4.18. The minimum Gasteiger partial charge on any atom is -0.365 e. The Morgan fingerprint density at radius 3 is 3.05 bits per heavy atom.